The van der Waals surface area contributed by atoms with Gasteiger partial charge in [-0.25, -0.2) is 13.8 Å². The zero-order valence-electron chi connectivity index (χ0n) is 15.0. The van der Waals surface area contributed by atoms with Gasteiger partial charge in [0.25, 0.3) is 0 Å². The number of rotatable bonds is 6. The van der Waals surface area contributed by atoms with E-state index in [9.17, 15) is 8.78 Å². The second-order valence-electron chi connectivity index (χ2n) is 4.77. The molecule has 1 N–H and O–H groups in total. The Morgan fingerprint density at radius 3 is 2.08 bits per heavy atom. The minimum Gasteiger partial charge on any atom is -0.493 e. The van der Waals surface area contributed by atoms with Crippen molar-refractivity contribution in [1.82, 2.24) is 4.98 Å². The monoisotopic (exact) mass is 372 g/mol. The van der Waals surface area contributed by atoms with Gasteiger partial charge < -0.3 is 14.8 Å². The van der Waals surface area contributed by atoms with E-state index in [-0.39, 0.29) is 23.7 Å². The van der Waals surface area contributed by atoms with Crippen molar-refractivity contribution in [2.75, 3.05) is 19.5 Å². The summed E-state index contributed by atoms with van der Waals surface area (Å²) in [5.41, 5.74) is 1.45. The Morgan fingerprint density at radius 1 is 1.04 bits per heavy atom. The van der Waals surface area contributed by atoms with Gasteiger partial charge in [0.15, 0.2) is 23.1 Å². The first-order chi connectivity index (χ1) is 12.0. The van der Waals surface area contributed by atoms with Crippen molar-refractivity contribution in [2.24, 2.45) is 0 Å². The third-order valence-electron chi connectivity index (χ3n) is 3.46. The molecule has 25 heavy (non-hydrogen) atoms. The van der Waals surface area contributed by atoms with Crippen molar-refractivity contribution in [3.63, 3.8) is 0 Å². The van der Waals surface area contributed by atoms with Gasteiger partial charge in [-0.15, -0.1) is 0 Å². The van der Waals surface area contributed by atoms with E-state index in [0.717, 1.165) is 23.6 Å². The van der Waals surface area contributed by atoms with Crippen molar-refractivity contribution in [3.05, 3.63) is 46.2 Å². The highest BCUT2D eigenvalue weighted by Gasteiger charge is 2.20. The summed E-state index contributed by atoms with van der Waals surface area (Å²) < 4.78 is 38.4. The molecule has 2 rings (SSSR count). The lowest BCUT2D eigenvalue weighted by Gasteiger charge is -2.15. The smallest absolute Gasteiger partial charge is 0.191 e. The second-order valence-corrected chi connectivity index (χ2v) is 5.15. The maximum Gasteiger partial charge on any atom is 0.191 e. The number of nitrogens with zero attached hydrogens (tertiary/aromatic N) is 1. The topological polar surface area (TPSA) is 43.4 Å². The normalized spacial score (nSPS) is 9.92. The van der Waals surface area contributed by atoms with Crippen molar-refractivity contribution in [2.45, 2.75) is 33.7 Å². The average Bonchev–Trinajstić information content (AvgIpc) is 2.64. The summed E-state index contributed by atoms with van der Waals surface area (Å²) in [4.78, 5) is 4.00. The predicted octanol–water partition coefficient (Wildman–Crippen LogP) is 5.23. The minimum absolute atomic E-state index is 0.101. The standard InChI is InChI=1S/C16H17ClF2N2O2.C2H6/c1-4-9-5-13(17)20-7-10(9)8-21-16-14(18)11(22-2)6-12(23-3)15(16)19;1-2/h5-7,21H,4,8H2,1-3H3;1-2H3. The highest BCUT2D eigenvalue weighted by molar-refractivity contribution is 6.29. The summed E-state index contributed by atoms with van der Waals surface area (Å²) in [5.74, 6) is -1.83. The molecule has 0 saturated carbocycles. The Morgan fingerprint density at radius 2 is 1.60 bits per heavy atom. The number of nitrogens with one attached hydrogen (secondary N) is 1. The van der Waals surface area contributed by atoms with Crippen LogP contribution >= 0.6 is 11.6 Å². The van der Waals surface area contributed by atoms with Gasteiger partial charge in [-0.2, -0.15) is 0 Å². The lowest BCUT2D eigenvalue weighted by molar-refractivity contribution is 0.360. The van der Waals surface area contributed by atoms with Gasteiger partial charge in [-0.1, -0.05) is 32.4 Å². The van der Waals surface area contributed by atoms with E-state index in [4.69, 9.17) is 21.1 Å². The average molecular weight is 373 g/mol. The van der Waals surface area contributed by atoms with Crippen molar-refractivity contribution in [1.29, 1.82) is 0 Å². The third-order valence-corrected chi connectivity index (χ3v) is 3.67. The molecule has 0 aliphatic heterocycles. The van der Waals surface area contributed by atoms with E-state index < -0.39 is 11.6 Å². The summed E-state index contributed by atoms with van der Waals surface area (Å²) in [6.45, 7) is 6.16. The Bertz CT molecular complexity index is 684. The molecule has 0 atom stereocenters. The number of hydrogen-bond donors (Lipinski definition) is 1. The van der Waals surface area contributed by atoms with Crippen LogP contribution in [-0.2, 0) is 13.0 Å². The first kappa shape index (κ1) is 21.0. The van der Waals surface area contributed by atoms with E-state index >= 15 is 0 Å². The lowest BCUT2D eigenvalue weighted by atomic mass is 10.1. The number of benzene rings is 1. The predicted molar refractivity (Wildman–Crippen MR) is 96.8 cm³/mol. The molecule has 0 saturated heterocycles. The van der Waals surface area contributed by atoms with Crippen molar-refractivity contribution >= 4 is 17.3 Å². The molecular formula is C18H23ClF2N2O2. The summed E-state index contributed by atoms with van der Waals surface area (Å²) in [5, 5.41) is 3.13. The number of aromatic nitrogens is 1. The van der Waals surface area contributed by atoms with Crippen LogP contribution in [0.15, 0.2) is 18.3 Å². The SMILES string of the molecule is CC.CCc1cc(Cl)ncc1CNc1c(F)c(OC)cc(OC)c1F. The number of pyridine rings is 1. The highest BCUT2D eigenvalue weighted by atomic mass is 35.5. The third kappa shape index (κ3) is 4.95. The largest absolute Gasteiger partial charge is 0.493 e. The van der Waals surface area contributed by atoms with Crippen molar-refractivity contribution < 1.29 is 18.3 Å². The summed E-state index contributed by atoms with van der Waals surface area (Å²) >= 11 is 5.86. The molecule has 7 heteroatoms. The molecule has 1 aromatic heterocycles. The van der Waals surface area contributed by atoms with Gasteiger partial charge in [0.05, 0.1) is 14.2 Å². The first-order valence-electron chi connectivity index (χ1n) is 7.98. The fourth-order valence-electron chi connectivity index (χ4n) is 2.21. The number of halogens is 3. The second kappa shape index (κ2) is 10.0. The summed E-state index contributed by atoms with van der Waals surface area (Å²) in [7, 11) is 2.61. The highest BCUT2D eigenvalue weighted by Crippen LogP contribution is 2.35. The van der Waals surface area contributed by atoms with Crippen LogP contribution in [0.4, 0.5) is 14.5 Å². The molecule has 1 aromatic carbocycles. The van der Waals surface area contributed by atoms with Gasteiger partial charge in [-0.05, 0) is 23.6 Å². The van der Waals surface area contributed by atoms with Gasteiger partial charge in [-0.3, -0.25) is 0 Å². The van der Waals surface area contributed by atoms with Crippen molar-refractivity contribution in [3.8, 4) is 11.5 Å². The fraction of sp³-hybridized carbons (Fsp3) is 0.389. The van der Waals surface area contributed by atoms with Crippen LogP contribution in [0.2, 0.25) is 5.15 Å². The quantitative estimate of drug-likeness (QED) is 0.705. The van der Waals surface area contributed by atoms with Gasteiger partial charge in [0.2, 0.25) is 0 Å². The van der Waals surface area contributed by atoms with Gasteiger partial charge >= 0.3 is 0 Å². The molecule has 1 heterocycles. The summed E-state index contributed by atoms with van der Waals surface area (Å²) in [6.07, 6.45) is 2.31. The van der Waals surface area contributed by atoms with Crippen LogP contribution < -0.4 is 14.8 Å². The maximum absolute atomic E-state index is 14.3. The number of anilines is 1. The Hall–Kier alpha value is -2.08. The van der Waals surface area contributed by atoms with E-state index in [1.165, 1.54) is 14.2 Å². The van der Waals surface area contributed by atoms with Crippen LogP contribution in [-0.4, -0.2) is 19.2 Å². The van der Waals surface area contributed by atoms with Crippen LogP contribution in [0.25, 0.3) is 0 Å². The van der Waals surface area contributed by atoms with E-state index in [1.54, 1.807) is 12.3 Å². The molecule has 138 valence electrons. The zero-order valence-corrected chi connectivity index (χ0v) is 15.8. The number of ether oxygens (including phenoxy) is 2. The van der Waals surface area contributed by atoms with Crippen LogP contribution in [0, 0.1) is 11.6 Å². The molecule has 0 fully saturated rings. The molecule has 0 amide bonds. The van der Waals surface area contributed by atoms with E-state index in [1.807, 2.05) is 20.8 Å². The van der Waals surface area contributed by atoms with E-state index in [2.05, 4.69) is 10.3 Å². The molecule has 4 nitrogen and oxygen atoms in total. The van der Waals surface area contributed by atoms with Crippen LogP contribution in [0.1, 0.15) is 31.9 Å². The lowest BCUT2D eigenvalue weighted by Crippen LogP contribution is -2.08. The van der Waals surface area contributed by atoms with Gasteiger partial charge in [0.1, 0.15) is 10.8 Å². The van der Waals surface area contributed by atoms with Crippen LogP contribution in [0.5, 0.6) is 11.5 Å². The van der Waals surface area contributed by atoms with Crippen LogP contribution in [0.3, 0.4) is 0 Å². The zero-order chi connectivity index (χ0) is 19.0. The molecule has 0 bridgehead atoms. The van der Waals surface area contributed by atoms with Gasteiger partial charge in [0, 0.05) is 18.8 Å². The number of hydrogen-bond acceptors (Lipinski definition) is 4. The Kier molecular flexibility index (Phi) is 8.41. The molecule has 0 aliphatic carbocycles. The molecule has 0 aliphatic rings. The minimum atomic E-state index is -0.814. The first-order valence-corrected chi connectivity index (χ1v) is 8.36. The molecule has 0 unspecified atom stereocenters. The van der Waals surface area contributed by atoms with E-state index in [0.29, 0.717) is 5.15 Å². The fourth-order valence-corrected chi connectivity index (χ4v) is 2.39. The Balaban J connectivity index is 0.00000151. The summed E-state index contributed by atoms with van der Waals surface area (Å²) in [6, 6.07) is 2.90. The molecular weight excluding hydrogens is 350 g/mol. The number of methoxy groups -OCH3 is 2. The molecule has 0 spiro atoms. The molecule has 2 aromatic rings. The Labute approximate surface area is 152 Å². The molecule has 0 radical (unpaired) electrons. The number of aryl methyl sites for hydroxylation is 1. The maximum atomic E-state index is 14.3.